The van der Waals surface area contributed by atoms with Crippen molar-refractivity contribution in [1.82, 2.24) is 9.55 Å². The van der Waals surface area contributed by atoms with Crippen LogP contribution in [0.25, 0.3) is 16.9 Å². The molecule has 0 bridgehead atoms. The van der Waals surface area contributed by atoms with Crippen LogP contribution in [-0.2, 0) is 0 Å². The first-order valence-electron chi connectivity index (χ1n) is 6.26. The molecular formula is C16H14N3S. The molecule has 0 saturated carbocycles. The van der Waals surface area contributed by atoms with E-state index in [0.29, 0.717) is 5.82 Å². The molecular weight excluding hydrogens is 266 g/mol. The summed E-state index contributed by atoms with van der Waals surface area (Å²) in [6.07, 6.45) is 2.00. The number of benzene rings is 2. The second-order valence-corrected chi connectivity index (χ2v) is 5.05. The summed E-state index contributed by atoms with van der Waals surface area (Å²) in [4.78, 5) is 4.47. The maximum atomic E-state index is 6.12. The molecule has 1 aromatic heterocycles. The van der Waals surface area contributed by atoms with Gasteiger partial charge in [-0.1, -0.05) is 54.2 Å². The van der Waals surface area contributed by atoms with Gasteiger partial charge in [0.1, 0.15) is 0 Å². The Hall–Kier alpha value is -2.20. The zero-order valence-electron chi connectivity index (χ0n) is 11.1. The molecule has 3 nitrogen and oxygen atoms in total. The van der Waals surface area contributed by atoms with Gasteiger partial charge in [0.05, 0.1) is 5.69 Å². The van der Waals surface area contributed by atoms with Crippen LogP contribution in [0.1, 0.15) is 0 Å². The van der Waals surface area contributed by atoms with E-state index in [1.54, 1.807) is 11.8 Å². The Morgan fingerprint density at radius 1 is 1.10 bits per heavy atom. The smallest absolute Gasteiger partial charge is 0.175 e. The van der Waals surface area contributed by atoms with E-state index in [1.807, 2.05) is 60.9 Å². The largest absolute Gasteiger partial charge is 0.382 e. The fourth-order valence-corrected chi connectivity index (χ4v) is 2.74. The molecule has 2 aromatic carbocycles. The van der Waals surface area contributed by atoms with Gasteiger partial charge < -0.3 is 5.73 Å². The standard InChI is InChI=1S/C16H14N3S/c1-20-16-18-15(17)14(12-8-4-2-5-9-12)19(16)13-10-6-3-7-11-13/h2-8,10-11H,17H2,1H3. The number of hydrogen-bond donors (Lipinski definition) is 1. The van der Waals surface area contributed by atoms with Crippen molar-refractivity contribution >= 4 is 17.6 Å². The van der Waals surface area contributed by atoms with Crippen LogP contribution in [0.4, 0.5) is 5.82 Å². The number of anilines is 1. The highest BCUT2D eigenvalue weighted by molar-refractivity contribution is 7.98. The Morgan fingerprint density at radius 3 is 2.50 bits per heavy atom. The highest BCUT2D eigenvalue weighted by Gasteiger charge is 2.17. The molecule has 1 radical (unpaired) electrons. The van der Waals surface area contributed by atoms with Gasteiger partial charge in [0, 0.05) is 11.3 Å². The first-order valence-corrected chi connectivity index (χ1v) is 7.48. The summed E-state index contributed by atoms with van der Waals surface area (Å²) in [6, 6.07) is 21.1. The summed E-state index contributed by atoms with van der Waals surface area (Å²) < 4.78 is 2.08. The van der Waals surface area contributed by atoms with Crippen molar-refractivity contribution in [3.05, 3.63) is 60.7 Å². The maximum Gasteiger partial charge on any atom is 0.175 e. The van der Waals surface area contributed by atoms with Crippen LogP contribution >= 0.6 is 11.8 Å². The van der Waals surface area contributed by atoms with Gasteiger partial charge in [-0.2, -0.15) is 0 Å². The highest BCUT2D eigenvalue weighted by atomic mass is 32.2. The quantitative estimate of drug-likeness (QED) is 0.745. The van der Waals surface area contributed by atoms with E-state index < -0.39 is 0 Å². The van der Waals surface area contributed by atoms with Crippen molar-refractivity contribution in [3.63, 3.8) is 0 Å². The van der Waals surface area contributed by atoms with Crippen LogP contribution in [0.2, 0.25) is 0 Å². The number of nitrogens with two attached hydrogens (primary N) is 1. The predicted molar refractivity (Wildman–Crippen MR) is 84.0 cm³/mol. The molecule has 2 N–H and O–H groups in total. The number of rotatable bonds is 3. The van der Waals surface area contributed by atoms with Crippen LogP contribution in [0.5, 0.6) is 0 Å². The van der Waals surface area contributed by atoms with Gasteiger partial charge in [-0.15, -0.1) is 0 Å². The van der Waals surface area contributed by atoms with Crippen molar-refractivity contribution in [2.24, 2.45) is 0 Å². The Labute approximate surface area is 122 Å². The monoisotopic (exact) mass is 280 g/mol. The zero-order valence-corrected chi connectivity index (χ0v) is 11.9. The zero-order chi connectivity index (χ0) is 13.9. The number of nitrogen functional groups attached to an aromatic ring is 1. The Morgan fingerprint density at radius 2 is 1.85 bits per heavy atom. The summed E-state index contributed by atoms with van der Waals surface area (Å²) >= 11 is 1.58. The number of hydrogen-bond acceptors (Lipinski definition) is 3. The summed E-state index contributed by atoms with van der Waals surface area (Å²) in [5.74, 6) is 0.528. The molecule has 0 aliphatic carbocycles. The van der Waals surface area contributed by atoms with Gasteiger partial charge in [0.25, 0.3) is 0 Å². The lowest BCUT2D eigenvalue weighted by atomic mass is 10.1. The van der Waals surface area contributed by atoms with Crippen molar-refractivity contribution in [1.29, 1.82) is 0 Å². The molecule has 99 valence electrons. The second-order valence-electron chi connectivity index (χ2n) is 4.28. The lowest BCUT2D eigenvalue weighted by molar-refractivity contribution is 0.903. The normalized spacial score (nSPS) is 10.7. The van der Waals surface area contributed by atoms with Crippen molar-refractivity contribution in [3.8, 4) is 16.9 Å². The molecule has 3 rings (SSSR count). The highest BCUT2D eigenvalue weighted by Crippen LogP contribution is 2.33. The third-order valence-electron chi connectivity index (χ3n) is 3.03. The number of thioether (sulfide) groups is 1. The number of imidazole rings is 1. The molecule has 0 saturated heterocycles. The SMILES string of the molecule is CSc1nc(N)c(-c2[c]cccc2)n1-c1ccccc1. The van der Waals surface area contributed by atoms with Gasteiger partial charge in [-0.25, -0.2) is 4.98 Å². The van der Waals surface area contributed by atoms with E-state index in [9.17, 15) is 0 Å². The topological polar surface area (TPSA) is 43.8 Å². The minimum absolute atomic E-state index is 0.528. The summed E-state index contributed by atoms with van der Waals surface area (Å²) in [5.41, 5.74) is 9.01. The molecule has 0 spiro atoms. The van der Waals surface area contributed by atoms with E-state index >= 15 is 0 Å². The maximum absolute atomic E-state index is 6.12. The Kier molecular flexibility index (Phi) is 3.48. The summed E-state index contributed by atoms with van der Waals surface area (Å²) in [7, 11) is 0. The van der Waals surface area contributed by atoms with E-state index in [2.05, 4.69) is 15.6 Å². The average Bonchev–Trinajstić information content (AvgIpc) is 2.85. The minimum atomic E-state index is 0.528. The number of para-hydroxylation sites is 1. The molecule has 0 amide bonds. The van der Waals surface area contributed by atoms with Crippen LogP contribution in [0.15, 0.2) is 59.8 Å². The van der Waals surface area contributed by atoms with Crippen LogP contribution < -0.4 is 5.73 Å². The fraction of sp³-hybridized carbons (Fsp3) is 0.0625. The van der Waals surface area contributed by atoms with Gasteiger partial charge in [0.2, 0.25) is 0 Å². The molecule has 1 heterocycles. The van der Waals surface area contributed by atoms with Crippen molar-refractivity contribution < 1.29 is 0 Å². The average molecular weight is 280 g/mol. The van der Waals surface area contributed by atoms with Gasteiger partial charge in [0.15, 0.2) is 11.0 Å². The molecule has 0 aliphatic rings. The second kappa shape index (κ2) is 5.43. The van der Waals surface area contributed by atoms with Crippen LogP contribution in [0, 0.1) is 6.07 Å². The van der Waals surface area contributed by atoms with E-state index in [4.69, 9.17) is 5.73 Å². The third kappa shape index (κ3) is 2.18. The Balaban J connectivity index is 2.27. The number of nitrogens with zero attached hydrogens (tertiary/aromatic N) is 2. The molecule has 0 aliphatic heterocycles. The van der Waals surface area contributed by atoms with Gasteiger partial charge >= 0.3 is 0 Å². The first kappa shape index (κ1) is 12.8. The molecule has 0 unspecified atom stereocenters. The molecule has 20 heavy (non-hydrogen) atoms. The lowest BCUT2D eigenvalue weighted by Gasteiger charge is -2.11. The third-order valence-corrected chi connectivity index (χ3v) is 3.67. The first-order chi connectivity index (χ1) is 9.81. The van der Waals surface area contributed by atoms with Crippen LogP contribution in [0.3, 0.4) is 0 Å². The van der Waals surface area contributed by atoms with E-state index in [-0.39, 0.29) is 0 Å². The molecule has 4 heteroatoms. The molecule has 0 fully saturated rings. The van der Waals surface area contributed by atoms with Gasteiger partial charge in [-0.3, -0.25) is 4.57 Å². The summed E-state index contributed by atoms with van der Waals surface area (Å²) in [5, 5.41) is 0.876. The van der Waals surface area contributed by atoms with E-state index in [1.165, 1.54) is 0 Å². The van der Waals surface area contributed by atoms with E-state index in [0.717, 1.165) is 22.1 Å². The molecule has 3 aromatic rings. The summed E-state index contributed by atoms with van der Waals surface area (Å²) in [6.45, 7) is 0. The van der Waals surface area contributed by atoms with Crippen molar-refractivity contribution in [2.75, 3.05) is 12.0 Å². The van der Waals surface area contributed by atoms with Crippen LogP contribution in [-0.4, -0.2) is 15.8 Å². The van der Waals surface area contributed by atoms with Crippen molar-refractivity contribution in [2.45, 2.75) is 5.16 Å². The fourth-order valence-electron chi connectivity index (χ4n) is 2.17. The Bertz CT molecular complexity index is 705. The lowest BCUT2D eigenvalue weighted by Crippen LogP contribution is -1.99. The molecule has 0 atom stereocenters. The minimum Gasteiger partial charge on any atom is -0.382 e. The number of aromatic nitrogens is 2. The predicted octanol–water partition coefficient (Wildman–Crippen LogP) is 3.64. The van der Waals surface area contributed by atoms with Gasteiger partial charge in [-0.05, 0) is 24.5 Å².